The Kier molecular flexibility index (Phi) is 6.26. The summed E-state index contributed by atoms with van der Waals surface area (Å²) in [6, 6.07) is 14.2. The van der Waals surface area contributed by atoms with Crippen molar-refractivity contribution in [1.82, 2.24) is 5.43 Å². The van der Waals surface area contributed by atoms with Gasteiger partial charge in [-0.15, -0.1) is 0 Å². The van der Waals surface area contributed by atoms with E-state index in [1.165, 1.54) is 30.5 Å². The molecule has 0 aliphatic rings. The van der Waals surface area contributed by atoms with Gasteiger partial charge >= 0.3 is 5.69 Å². The fourth-order valence-electron chi connectivity index (χ4n) is 2.46. The van der Waals surface area contributed by atoms with Gasteiger partial charge in [0.2, 0.25) is 5.75 Å². The van der Waals surface area contributed by atoms with Gasteiger partial charge in [0.05, 0.1) is 22.1 Å². The number of nitrogens with zero attached hydrogens (tertiary/aromatic N) is 3. The summed E-state index contributed by atoms with van der Waals surface area (Å²) in [6.07, 6.45) is 1.32. The Morgan fingerprint density at radius 3 is 2.42 bits per heavy atom. The average Bonchev–Trinajstić information content (AvgIpc) is 2.74. The number of benzene rings is 3. The van der Waals surface area contributed by atoms with Gasteiger partial charge in [0.25, 0.3) is 11.6 Å². The molecule has 0 fully saturated rings. The SMILES string of the molecule is O=C(NN=Cc1cccc(Oc2ccc([N+](=O)[O-])cc2[N+](=O)[O-])c1)c1ccc(F)cc1. The minimum Gasteiger partial charge on any atom is -0.450 e. The number of halogens is 1. The molecule has 0 bridgehead atoms. The predicted molar refractivity (Wildman–Crippen MR) is 108 cm³/mol. The number of amides is 1. The summed E-state index contributed by atoms with van der Waals surface area (Å²) in [4.78, 5) is 32.5. The van der Waals surface area contributed by atoms with Crippen LogP contribution < -0.4 is 10.2 Å². The summed E-state index contributed by atoms with van der Waals surface area (Å²) in [6.45, 7) is 0. The Balaban J connectivity index is 1.72. The van der Waals surface area contributed by atoms with Crippen LogP contribution in [0.1, 0.15) is 15.9 Å². The van der Waals surface area contributed by atoms with Gasteiger partial charge in [0.1, 0.15) is 11.6 Å². The van der Waals surface area contributed by atoms with Crippen LogP contribution in [0, 0.1) is 26.0 Å². The highest BCUT2D eigenvalue weighted by Crippen LogP contribution is 2.34. The molecule has 0 saturated carbocycles. The van der Waals surface area contributed by atoms with E-state index in [1.807, 2.05) is 0 Å². The van der Waals surface area contributed by atoms with E-state index in [1.54, 1.807) is 12.1 Å². The van der Waals surface area contributed by atoms with E-state index in [4.69, 9.17) is 4.74 Å². The summed E-state index contributed by atoms with van der Waals surface area (Å²) in [7, 11) is 0. The minimum absolute atomic E-state index is 0.172. The molecule has 10 nitrogen and oxygen atoms in total. The van der Waals surface area contributed by atoms with E-state index in [0.717, 1.165) is 30.3 Å². The molecule has 0 aliphatic carbocycles. The van der Waals surface area contributed by atoms with Crippen LogP contribution in [-0.2, 0) is 0 Å². The van der Waals surface area contributed by atoms with Crippen molar-refractivity contribution >= 4 is 23.5 Å². The molecule has 3 rings (SSSR count). The zero-order chi connectivity index (χ0) is 22.4. The molecule has 0 atom stereocenters. The van der Waals surface area contributed by atoms with Crippen LogP contribution in [0.15, 0.2) is 71.8 Å². The molecule has 3 aromatic carbocycles. The second kappa shape index (κ2) is 9.22. The van der Waals surface area contributed by atoms with Gasteiger partial charge in [-0.3, -0.25) is 25.0 Å². The standard InChI is InChI=1S/C20H13FN4O6/c21-15-6-4-14(5-7-15)20(26)23-22-12-13-2-1-3-17(10-13)31-19-9-8-16(24(27)28)11-18(19)25(29)30/h1-12H,(H,23,26). The number of non-ortho nitro benzene ring substituents is 1. The lowest BCUT2D eigenvalue weighted by molar-refractivity contribution is -0.394. The van der Waals surface area contributed by atoms with E-state index in [0.29, 0.717) is 5.56 Å². The van der Waals surface area contributed by atoms with Crippen LogP contribution >= 0.6 is 0 Å². The topological polar surface area (TPSA) is 137 Å². The third kappa shape index (κ3) is 5.44. The molecule has 0 saturated heterocycles. The zero-order valence-electron chi connectivity index (χ0n) is 15.6. The van der Waals surface area contributed by atoms with E-state index >= 15 is 0 Å². The highest BCUT2D eigenvalue weighted by molar-refractivity contribution is 5.94. The second-order valence-electron chi connectivity index (χ2n) is 6.05. The van der Waals surface area contributed by atoms with E-state index < -0.39 is 32.9 Å². The number of nitrogens with one attached hydrogen (secondary N) is 1. The summed E-state index contributed by atoms with van der Waals surface area (Å²) in [5, 5.41) is 25.8. The van der Waals surface area contributed by atoms with Crippen molar-refractivity contribution in [2.24, 2.45) is 5.10 Å². The monoisotopic (exact) mass is 424 g/mol. The first-order valence-corrected chi connectivity index (χ1v) is 8.63. The van der Waals surface area contributed by atoms with Gasteiger partial charge in [0.15, 0.2) is 0 Å². The highest BCUT2D eigenvalue weighted by atomic mass is 19.1. The maximum absolute atomic E-state index is 12.9. The molecule has 1 amide bonds. The van der Waals surface area contributed by atoms with Crippen molar-refractivity contribution < 1.29 is 23.8 Å². The summed E-state index contributed by atoms with van der Waals surface area (Å²) >= 11 is 0. The molecule has 0 radical (unpaired) electrons. The molecule has 3 aromatic rings. The number of hydrazone groups is 1. The van der Waals surface area contributed by atoms with Gasteiger partial charge in [0, 0.05) is 11.6 Å². The smallest absolute Gasteiger partial charge is 0.318 e. The fourth-order valence-corrected chi connectivity index (χ4v) is 2.46. The lowest BCUT2D eigenvalue weighted by Crippen LogP contribution is -2.17. The normalized spacial score (nSPS) is 10.6. The van der Waals surface area contributed by atoms with Gasteiger partial charge in [-0.2, -0.15) is 5.10 Å². The van der Waals surface area contributed by atoms with Gasteiger partial charge in [-0.25, -0.2) is 9.82 Å². The fraction of sp³-hybridized carbons (Fsp3) is 0. The lowest BCUT2D eigenvalue weighted by Gasteiger charge is -2.07. The molecular formula is C20H13FN4O6. The van der Waals surface area contributed by atoms with Crippen LogP contribution in [0.25, 0.3) is 0 Å². The Labute approximate surface area is 173 Å². The molecule has 0 spiro atoms. The first-order valence-electron chi connectivity index (χ1n) is 8.63. The third-order valence-corrected chi connectivity index (χ3v) is 3.92. The maximum atomic E-state index is 12.9. The first kappa shape index (κ1) is 21.0. The molecule has 0 aromatic heterocycles. The number of nitro groups is 2. The van der Waals surface area contributed by atoms with E-state index in [2.05, 4.69) is 10.5 Å². The zero-order valence-corrected chi connectivity index (χ0v) is 15.6. The van der Waals surface area contributed by atoms with Crippen LogP contribution in [0.4, 0.5) is 15.8 Å². The van der Waals surface area contributed by atoms with Crippen LogP contribution in [0.2, 0.25) is 0 Å². The number of hydrogen-bond donors (Lipinski definition) is 1. The summed E-state index contributed by atoms with van der Waals surface area (Å²) in [5.41, 5.74) is 2.03. The molecule has 156 valence electrons. The Morgan fingerprint density at radius 2 is 1.74 bits per heavy atom. The maximum Gasteiger partial charge on any atom is 0.318 e. The molecular weight excluding hydrogens is 411 g/mol. The van der Waals surface area contributed by atoms with Gasteiger partial charge < -0.3 is 4.74 Å². The third-order valence-electron chi connectivity index (χ3n) is 3.92. The van der Waals surface area contributed by atoms with Crippen molar-refractivity contribution in [3.63, 3.8) is 0 Å². The van der Waals surface area contributed by atoms with Crippen molar-refractivity contribution in [3.05, 3.63) is 104 Å². The second-order valence-corrected chi connectivity index (χ2v) is 6.05. The van der Waals surface area contributed by atoms with Crippen molar-refractivity contribution in [2.45, 2.75) is 0 Å². The van der Waals surface area contributed by atoms with Crippen LogP contribution in [0.5, 0.6) is 11.5 Å². The van der Waals surface area contributed by atoms with Crippen molar-refractivity contribution in [3.8, 4) is 11.5 Å². The Hall–Kier alpha value is -4.67. The summed E-state index contributed by atoms with van der Waals surface area (Å²) in [5.74, 6) is -0.963. The predicted octanol–water partition coefficient (Wildman–Crippen LogP) is 4.20. The first-order chi connectivity index (χ1) is 14.8. The number of ether oxygens (including phenoxy) is 1. The van der Waals surface area contributed by atoms with Crippen molar-refractivity contribution in [1.29, 1.82) is 0 Å². The minimum atomic E-state index is -0.779. The summed E-state index contributed by atoms with van der Waals surface area (Å²) < 4.78 is 18.4. The van der Waals surface area contributed by atoms with E-state index in [9.17, 15) is 29.4 Å². The van der Waals surface area contributed by atoms with Crippen LogP contribution in [0.3, 0.4) is 0 Å². The van der Waals surface area contributed by atoms with E-state index in [-0.39, 0.29) is 17.1 Å². The van der Waals surface area contributed by atoms with Gasteiger partial charge in [-0.1, -0.05) is 12.1 Å². The number of rotatable bonds is 7. The number of nitro benzene ring substituents is 2. The quantitative estimate of drug-likeness (QED) is 0.343. The lowest BCUT2D eigenvalue weighted by atomic mass is 10.2. The van der Waals surface area contributed by atoms with Gasteiger partial charge in [-0.05, 0) is 48.0 Å². The largest absolute Gasteiger partial charge is 0.450 e. The highest BCUT2D eigenvalue weighted by Gasteiger charge is 2.21. The Bertz CT molecular complexity index is 1180. The number of carbonyl (C=O) groups excluding carboxylic acids is 1. The number of carbonyl (C=O) groups is 1. The number of hydrogen-bond acceptors (Lipinski definition) is 7. The molecule has 0 aliphatic heterocycles. The molecule has 1 N–H and O–H groups in total. The van der Waals surface area contributed by atoms with Crippen molar-refractivity contribution in [2.75, 3.05) is 0 Å². The molecule has 31 heavy (non-hydrogen) atoms. The molecule has 0 unspecified atom stereocenters. The average molecular weight is 424 g/mol. The van der Waals surface area contributed by atoms with Crippen LogP contribution in [-0.4, -0.2) is 22.0 Å². The molecule has 11 heteroatoms. The Morgan fingerprint density at radius 1 is 1.00 bits per heavy atom. The molecule has 0 heterocycles.